The van der Waals surface area contributed by atoms with Crippen molar-refractivity contribution >= 4 is 16.8 Å². The number of carbonyl (C=O) groups is 1. The lowest BCUT2D eigenvalue weighted by molar-refractivity contribution is 0.0512. The maximum absolute atomic E-state index is 12.7. The highest BCUT2D eigenvalue weighted by atomic mass is 16.5. The van der Waals surface area contributed by atoms with Gasteiger partial charge in [0.1, 0.15) is 0 Å². The zero-order valence-corrected chi connectivity index (χ0v) is 13.7. The Kier molecular flexibility index (Phi) is 4.63. The quantitative estimate of drug-likeness (QED) is 0.783. The lowest BCUT2D eigenvalue weighted by Gasteiger charge is -2.37. The zero-order valence-electron chi connectivity index (χ0n) is 13.7. The summed E-state index contributed by atoms with van der Waals surface area (Å²) in [5.74, 6) is -0.0584. The first kappa shape index (κ1) is 16.0. The molecule has 1 amide bonds. The van der Waals surface area contributed by atoms with Crippen molar-refractivity contribution in [3.8, 4) is 0 Å². The number of nitrogens with zero attached hydrogens (tertiary/aromatic N) is 1. The third-order valence-electron chi connectivity index (χ3n) is 4.68. The minimum Gasteiger partial charge on any atom is -0.384 e. The van der Waals surface area contributed by atoms with Gasteiger partial charge in [-0.15, -0.1) is 0 Å². The number of aromatic nitrogens is 2. The molecule has 0 spiro atoms. The Balaban J connectivity index is 1.76. The number of rotatable bonds is 5. The van der Waals surface area contributed by atoms with E-state index in [2.05, 4.69) is 20.8 Å². The summed E-state index contributed by atoms with van der Waals surface area (Å²) < 4.78 is 5.40. The van der Waals surface area contributed by atoms with Crippen LogP contribution in [0.1, 0.15) is 28.8 Å². The standard InChI is InChI=1S/C17H24N4O2/c1-12-7-13-9-20-21-15(13)14(8-12)16(22)19-10-17(11-23-2)3-5-18-6-4-17/h7-9,18H,3-6,10-11H2,1-2H3,(H,19,22)(H,20,21). The van der Waals surface area contributed by atoms with Crippen LogP contribution >= 0.6 is 0 Å². The fourth-order valence-corrected chi connectivity index (χ4v) is 3.38. The van der Waals surface area contributed by atoms with Crippen LogP contribution in [0.3, 0.4) is 0 Å². The van der Waals surface area contributed by atoms with Crippen LogP contribution in [0, 0.1) is 12.3 Å². The number of H-pyrrole nitrogens is 1. The van der Waals surface area contributed by atoms with E-state index in [1.54, 1.807) is 13.3 Å². The smallest absolute Gasteiger partial charge is 0.253 e. The number of hydrogen-bond acceptors (Lipinski definition) is 4. The molecule has 124 valence electrons. The van der Waals surface area contributed by atoms with Crippen molar-refractivity contribution in [2.45, 2.75) is 19.8 Å². The first-order valence-corrected chi connectivity index (χ1v) is 8.05. The lowest BCUT2D eigenvalue weighted by Crippen LogP contribution is -2.47. The number of hydrogen-bond donors (Lipinski definition) is 3. The number of aromatic amines is 1. The number of benzene rings is 1. The molecule has 6 heteroatoms. The maximum Gasteiger partial charge on any atom is 0.253 e. The highest BCUT2D eigenvalue weighted by molar-refractivity contribution is 6.05. The summed E-state index contributed by atoms with van der Waals surface area (Å²) in [4.78, 5) is 12.7. The topological polar surface area (TPSA) is 79.0 Å². The van der Waals surface area contributed by atoms with Crippen molar-refractivity contribution < 1.29 is 9.53 Å². The molecule has 1 aliphatic rings. The summed E-state index contributed by atoms with van der Waals surface area (Å²) in [5, 5.41) is 14.4. The molecular formula is C17H24N4O2. The molecule has 1 aromatic heterocycles. The molecule has 0 bridgehead atoms. The number of piperidine rings is 1. The molecule has 1 saturated heterocycles. The fraction of sp³-hybridized carbons (Fsp3) is 0.529. The third-order valence-corrected chi connectivity index (χ3v) is 4.68. The molecule has 3 rings (SSSR count). The molecule has 23 heavy (non-hydrogen) atoms. The van der Waals surface area contributed by atoms with Gasteiger partial charge in [0, 0.05) is 24.5 Å². The molecule has 0 radical (unpaired) electrons. The molecule has 3 N–H and O–H groups in total. The fourth-order valence-electron chi connectivity index (χ4n) is 3.38. The average Bonchev–Trinajstić information content (AvgIpc) is 3.01. The summed E-state index contributed by atoms with van der Waals surface area (Å²) in [6.45, 7) is 5.22. The van der Waals surface area contributed by atoms with E-state index in [4.69, 9.17) is 4.74 Å². The summed E-state index contributed by atoms with van der Waals surface area (Å²) in [5.41, 5.74) is 2.52. The Morgan fingerprint density at radius 3 is 2.91 bits per heavy atom. The predicted octanol–water partition coefficient (Wildman–Crippen LogP) is 1.62. The molecule has 1 fully saturated rings. The minimum atomic E-state index is -0.0584. The minimum absolute atomic E-state index is 0.0204. The van der Waals surface area contributed by atoms with Crippen molar-refractivity contribution in [2.75, 3.05) is 33.4 Å². The molecule has 6 nitrogen and oxygen atoms in total. The normalized spacial score (nSPS) is 17.3. The monoisotopic (exact) mass is 316 g/mol. The number of fused-ring (bicyclic) bond motifs is 1. The van der Waals surface area contributed by atoms with Gasteiger partial charge < -0.3 is 15.4 Å². The number of amides is 1. The Labute approximate surface area is 136 Å². The second-order valence-electron chi connectivity index (χ2n) is 6.51. The molecule has 0 aliphatic carbocycles. The number of nitrogens with one attached hydrogen (secondary N) is 3. The maximum atomic E-state index is 12.7. The molecule has 1 aromatic carbocycles. The molecule has 0 saturated carbocycles. The van der Waals surface area contributed by atoms with Gasteiger partial charge in [0.05, 0.1) is 23.9 Å². The van der Waals surface area contributed by atoms with Crippen LogP contribution < -0.4 is 10.6 Å². The lowest BCUT2D eigenvalue weighted by atomic mass is 9.79. The molecule has 0 atom stereocenters. The van der Waals surface area contributed by atoms with E-state index < -0.39 is 0 Å². The van der Waals surface area contributed by atoms with E-state index in [1.165, 1.54) is 0 Å². The Morgan fingerprint density at radius 2 is 2.17 bits per heavy atom. The van der Waals surface area contributed by atoms with Gasteiger partial charge in [0.15, 0.2) is 0 Å². The van der Waals surface area contributed by atoms with Crippen molar-refractivity contribution in [1.82, 2.24) is 20.8 Å². The van der Waals surface area contributed by atoms with Crippen molar-refractivity contribution in [3.63, 3.8) is 0 Å². The van der Waals surface area contributed by atoms with Gasteiger partial charge in [0.2, 0.25) is 0 Å². The van der Waals surface area contributed by atoms with E-state index >= 15 is 0 Å². The Morgan fingerprint density at radius 1 is 1.39 bits per heavy atom. The number of methoxy groups -OCH3 is 1. The zero-order chi connectivity index (χ0) is 16.3. The second kappa shape index (κ2) is 6.68. The molecular weight excluding hydrogens is 292 g/mol. The number of ether oxygens (including phenoxy) is 1. The Hall–Kier alpha value is -1.92. The highest BCUT2D eigenvalue weighted by Gasteiger charge is 2.32. The van der Waals surface area contributed by atoms with E-state index in [-0.39, 0.29) is 11.3 Å². The SMILES string of the molecule is COCC1(CNC(=O)c2cc(C)cc3cn[nH]c23)CCNCC1. The van der Waals surface area contributed by atoms with Gasteiger partial charge in [-0.05, 0) is 50.6 Å². The molecule has 2 aromatic rings. The van der Waals surface area contributed by atoms with E-state index in [9.17, 15) is 4.79 Å². The summed E-state index contributed by atoms with van der Waals surface area (Å²) >= 11 is 0. The predicted molar refractivity (Wildman–Crippen MR) is 89.6 cm³/mol. The van der Waals surface area contributed by atoms with Crippen LogP contribution in [0.25, 0.3) is 10.9 Å². The molecule has 2 heterocycles. The van der Waals surface area contributed by atoms with E-state index in [0.29, 0.717) is 18.7 Å². The Bertz CT molecular complexity index is 683. The summed E-state index contributed by atoms with van der Waals surface area (Å²) in [7, 11) is 1.72. The van der Waals surface area contributed by atoms with Crippen LogP contribution in [-0.2, 0) is 4.74 Å². The molecule has 0 unspecified atom stereocenters. The van der Waals surface area contributed by atoms with Crippen LogP contribution in [0.5, 0.6) is 0 Å². The van der Waals surface area contributed by atoms with Crippen LogP contribution in [0.15, 0.2) is 18.3 Å². The largest absolute Gasteiger partial charge is 0.384 e. The highest BCUT2D eigenvalue weighted by Crippen LogP contribution is 2.28. The van der Waals surface area contributed by atoms with Crippen molar-refractivity contribution in [1.29, 1.82) is 0 Å². The summed E-state index contributed by atoms with van der Waals surface area (Å²) in [6, 6.07) is 3.93. The first-order chi connectivity index (χ1) is 11.1. The summed E-state index contributed by atoms with van der Waals surface area (Å²) in [6.07, 6.45) is 3.77. The van der Waals surface area contributed by atoms with Crippen LogP contribution in [0.2, 0.25) is 0 Å². The van der Waals surface area contributed by atoms with Gasteiger partial charge in [-0.25, -0.2) is 0 Å². The number of carbonyl (C=O) groups excluding carboxylic acids is 1. The van der Waals surface area contributed by atoms with Crippen LogP contribution in [-0.4, -0.2) is 49.5 Å². The first-order valence-electron chi connectivity index (χ1n) is 8.05. The van der Waals surface area contributed by atoms with Crippen molar-refractivity contribution in [3.05, 3.63) is 29.5 Å². The van der Waals surface area contributed by atoms with E-state index in [0.717, 1.165) is 42.4 Å². The van der Waals surface area contributed by atoms with Gasteiger partial charge in [-0.2, -0.15) is 5.10 Å². The molecule has 1 aliphatic heterocycles. The van der Waals surface area contributed by atoms with Gasteiger partial charge in [0.25, 0.3) is 5.91 Å². The van der Waals surface area contributed by atoms with Gasteiger partial charge in [-0.3, -0.25) is 9.89 Å². The second-order valence-corrected chi connectivity index (χ2v) is 6.51. The van der Waals surface area contributed by atoms with Crippen LogP contribution in [0.4, 0.5) is 0 Å². The van der Waals surface area contributed by atoms with E-state index in [1.807, 2.05) is 19.1 Å². The number of aryl methyl sites for hydroxylation is 1. The van der Waals surface area contributed by atoms with Crippen molar-refractivity contribution in [2.24, 2.45) is 5.41 Å². The van der Waals surface area contributed by atoms with Gasteiger partial charge in [-0.1, -0.05) is 0 Å². The third kappa shape index (κ3) is 3.38. The average molecular weight is 316 g/mol. The van der Waals surface area contributed by atoms with Gasteiger partial charge >= 0.3 is 0 Å².